The van der Waals surface area contributed by atoms with E-state index in [1.165, 1.54) is 6.33 Å². The molecule has 0 radical (unpaired) electrons. The normalized spacial score (nSPS) is 25.2. The van der Waals surface area contributed by atoms with E-state index in [0.29, 0.717) is 5.82 Å². The van der Waals surface area contributed by atoms with Crippen LogP contribution in [0, 0.1) is 18.8 Å². The van der Waals surface area contributed by atoms with Gasteiger partial charge in [-0.3, -0.25) is 19.3 Å². The standard InChI is InChI=1S/C16H20N4O3/c1-9-7-13(18-8-17-9)19-14(21)10(2)20-15(22)11-5-3-4-6-12(11)16(20)23/h7-8,10-12H,3-6H2,1-2H3,(H,17,18,19,21). The molecule has 23 heavy (non-hydrogen) atoms. The SMILES string of the molecule is Cc1cc(NC(=O)C(C)N2C(=O)C3CCCCC3C2=O)ncn1. The molecule has 7 heteroatoms. The summed E-state index contributed by atoms with van der Waals surface area (Å²) in [6.45, 7) is 3.37. The number of amides is 3. The van der Waals surface area contributed by atoms with Gasteiger partial charge in [-0.1, -0.05) is 12.8 Å². The molecule has 3 amide bonds. The Morgan fingerprint density at radius 3 is 2.39 bits per heavy atom. The highest BCUT2D eigenvalue weighted by atomic mass is 16.2. The quantitative estimate of drug-likeness (QED) is 0.848. The first-order valence-corrected chi connectivity index (χ1v) is 7.95. The van der Waals surface area contributed by atoms with Gasteiger partial charge in [-0.25, -0.2) is 9.97 Å². The topological polar surface area (TPSA) is 92.3 Å². The molecular weight excluding hydrogens is 296 g/mol. The molecule has 122 valence electrons. The third kappa shape index (κ3) is 2.83. The third-order valence-corrected chi connectivity index (χ3v) is 4.70. The van der Waals surface area contributed by atoms with Gasteiger partial charge in [-0.15, -0.1) is 0 Å². The van der Waals surface area contributed by atoms with Gasteiger partial charge in [-0.2, -0.15) is 0 Å². The zero-order valence-electron chi connectivity index (χ0n) is 13.3. The summed E-state index contributed by atoms with van der Waals surface area (Å²) in [7, 11) is 0. The minimum atomic E-state index is -0.837. The summed E-state index contributed by atoms with van der Waals surface area (Å²) >= 11 is 0. The van der Waals surface area contributed by atoms with Crippen molar-refractivity contribution in [2.24, 2.45) is 11.8 Å². The molecule has 0 spiro atoms. The fraction of sp³-hybridized carbons (Fsp3) is 0.562. The van der Waals surface area contributed by atoms with Crippen molar-refractivity contribution in [1.29, 1.82) is 0 Å². The number of rotatable bonds is 3. The van der Waals surface area contributed by atoms with Crippen LogP contribution in [0.1, 0.15) is 38.3 Å². The van der Waals surface area contributed by atoms with Crippen LogP contribution in [0.15, 0.2) is 12.4 Å². The molecule has 1 saturated carbocycles. The van der Waals surface area contributed by atoms with E-state index < -0.39 is 11.9 Å². The van der Waals surface area contributed by atoms with Gasteiger partial charge in [0.05, 0.1) is 11.8 Å². The Balaban J connectivity index is 1.74. The predicted octanol–water partition coefficient (Wildman–Crippen LogP) is 1.29. The van der Waals surface area contributed by atoms with Crippen LogP contribution in [0.4, 0.5) is 5.82 Å². The molecule has 1 aromatic heterocycles. The first kappa shape index (κ1) is 15.6. The fourth-order valence-corrected chi connectivity index (χ4v) is 3.44. The van der Waals surface area contributed by atoms with Gasteiger partial charge in [0.15, 0.2) is 0 Å². The van der Waals surface area contributed by atoms with E-state index in [4.69, 9.17) is 0 Å². The summed E-state index contributed by atoms with van der Waals surface area (Å²) in [6, 6.07) is 0.800. The Bertz CT molecular complexity index is 636. The highest BCUT2D eigenvalue weighted by molar-refractivity contribution is 6.09. The Kier molecular flexibility index (Phi) is 4.11. The maximum Gasteiger partial charge on any atom is 0.248 e. The average Bonchev–Trinajstić information content (AvgIpc) is 2.79. The van der Waals surface area contributed by atoms with E-state index in [1.807, 2.05) is 0 Å². The smallest absolute Gasteiger partial charge is 0.248 e. The van der Waals surface area contributed by atoms with Crippen molar-refractivity contribution in [3.05, 3.63) is 18.1 Å². The Labute approximate surface area is 134 Å². The first-order chi connectivity index (χ1) is 11.0. The highest BCUT2D eigenvalue weighted by Crippen LogP contribution is 2.38. The largest absolute Gasteiger partial charge is 0.309 e. The molecule has 7 nitrogen and oxygen atoms in total. The van der Waals surface area contributed by atoms with E-state index in [1.54, 1.807) is 19.9 Å². The van der Waals surface area contributed by atoms with Crippen LogP contribution in [0.25, 0.3) is 0 Å². The second kappa shape index (κ2) is 6.06. The molecule has 0 aromatic carbocycles. The van der Waals surface area contributed by atoms with E-state index in [9.17, 15) is 14.4 Å². The lowest BCUT2D eigenvalue weighted by Gasteiger charge is -2.22. The zero-order chi connectivity index (χ0) is 16.6. The molecule has 3 unspecified atom stereocenters. The summed E-state index contributed by atoms with van der Waals surface area (Å²) in [4.78, 5) is 46.5. The number of carbonyl (C=O) groups is 3. The molecule has 2 fully saturated rings. The molecule has 2 aliphatic rings. The molecule has 3 rings (SSSR count). The predicted molar refractivity (Wildman–Crippen MR) is 82.2 cm³/mol. The van der Waals surface area contributed by atoms with Gasteiger partial charge >= 0.3 is 0 Å². The number of nitrogens with zero attached hydrogens (tertiary/aromatic N) is 3. The van der Waals surface area contributed by atoms with Gasteiger partial charge in [0.2, 0.25) is 17.7 Å². The van der Waals surface area contributed by atoms with Crippen LogP contribution in [-0.2, 0) is 14.4 Å². The number of likely N-dealkylation sites (tertiary alicyclic amines) is 1. The van der Waals surface area contributed by atoms with Crippen LogP contribution < -0.4 is 5.32 Å². The Hall–Kier alpha value is -2.31. The van der Waals surface area contributed by atoms with Gasteiger partial charge in [0, 0.05) is 11.8 Å². The van der Waals surface area contributed by atoms with Crippen LogP contribution in [-0.4, -0.2) is 38.6 Å². The Morgan fingerprint density at radius 2 is 1.83 bits per heavy atom. The van der Waals surface area contributed by atoms with Crippen molar-refractivity contribution in [2.45, 2.75) is 45.6 Å². The second-order valence-electron chi connectivity index (χ2n) is 6.25. The summed E-state index contributed by atoms with van der Waals surface area (Å²) in [5.41, 5.74) is 0.724. The van der Waals surface area contributed by atoms with E-state index >= 15 is 0 Å². The number of aromatic nitrogens is 2. The molecule has 1 N–H and O–H groups in total. The van der Waals surface area contributed by atoms with Crippen molar-refractivity contribution in [2.75, 3.05) is 5.32 Å². The summed E-state index contributed by atoms with van der Waals surface area (Å²) < 4.78 is 0. The first-order valence-electron chi connectivity index (χ1n) is 7.95. The van der Waals surface area contributed by atoms with Gasteiger partial charge < -0.3 is 5.32 Å². The molecule has 1 aliphatic carbocycles. The van der Waals surface area contributed by atoms with E-state index in [-0.39, 0.29) is 23.7 Å². The number of anilines is 1. The van der Waals surface area contributed by atoms with Crippen LogP contribution in [0.3, 0.4) is 0 Å². The highest BCUT2D eigenvalue weighted by Gasteiger charge is 2.50. The van der Waals surface area contributed by atoms with Crippen LogP contribution >= 0.6 is 0 Å². The number of fused-ring (bicyclic) bond motifs is 1. The van der Waals surface area contributed by atoms with Crippen LogP contribution in [0.2, 0.25) is 0 Å². The van der Waals surface area contributed by atoms with Crippen molar-refractivity contribution < 1.29 is 14.4 Å². The monoisotopic (exact) mass is 316 g/mol. The van der Waals surface area contributed by atoms with Crippen molar-refractivity contribution in [3.63, 3.8) is 0 Å². The maximum atomic E-state index is 12.5. The summed E-state index contributed by atoms with van der Waals surface area (Å²) in [5.74, 6) is -0.947. The Morgan fingerprint density at radius 1 is 1.22 bits per heavy atom. The lowest BCUT2D eigenvalue weighted by Crippen LogP contribution is -2.46. The maximum absolute atomic E-state index is 12.5. The molecular formula is C16H20N4O3. The minimum Gasteiger partial charge on any atom is -0.309 e. The second-order valence-corrected chi connectivity index (χ2v) is 6.25. The number of hydrogen-bond acceptors (Lipinski definition) is 5. The van der Waals surface area contributed by atoms with Gasteiger partial charge in [0.1, 0.15) is 18.2 Å². The third-order valence-electron chi connectivity index (χ3n) is 4.70. The fourth-order valence-electron chi connectivity index (χ4n) is 3.44. The number of nitrogens with one attached hydrogen (secondary N) is 1. The average molecular weight is 316 g/mol. The van der Waals surface area contributed by atoms with Crippen molar-refractivity contribution in [1.82, 2.24) is 14.9 Å². The van der Waals surface area contributed by atoms with Gasteiger partial charge in [0.25, 0.3) is 0 Å². The summed E-state index contributed by atoms with van der Waals surface area (Å²) in [5, 5.41) is 2.65. The summed E-state index contributed by atoms with van der Waals surface area (Å²) in [6.07, 6.45) is 4.77. The van der Waals surface area contributed by atoms with Crippen molar-refractivity contribution in [3.8, 4) is 0 Å². The number of carbonyl (C=O) groups excluding carboxylic acids is 3. The lowest BCUT2D eigenvalue weighted by molar-refractivity contribution is -0.146. The molecule has 1 aliphatic heterocycles. The van der Waals surface area contributed by atoms with Crippen molar-refractivity contribution >= 4 is 23.5 Å². The minimum absolute atomic E-state index is 0.207. The number of imide groups is 1. The molecule has 0 bridgehead atoms. The van der Waals surface area contributed by atoms with Gasteiger partial charge in [-0.05, 0) is 26.7 Å². The molecule has 1 aromatic rings. The molecule has 3 atom stereocenters. The molecule has 2 heterocycles. The lowest BCUT2D eigenvalue weighted by atomic mass is 9.81. The number of aryl methyl sites for hydroxylation is 1. The molecule has 1 saturated heterocycles. The number of hydrogen-bond donors (Lipinski definition) is 1. The van der Waals surface area contributed by atoms with E-state index in [0.717, 1.165) is 36.3 Å². The zero-order valence-corrected chi connectivity index (χ0v) is 13.3. The van der Waals surface area contributed by atoms with Crippen LogP contribution in [0.5, 0.6) is 0 Å². The van der Waals surface area contributed by atoms with E-state index in [2.05, 4.69) is 15.3 Å².